The summed E-state index contributed by atoms with van der Waals surface area (Å²) in [5.41, 5.74) is 0. The van der Waals surface area contributed by atoms with Crippen LogP contribution in [0, 0.1) is 0 Å². The summed E-state index contributed by atoms with van der Waals surface area (Å²) in [4.78, 5) is 38.4. The van der Waals surface area contributed by atoms with Crippen LogP contribution in [0.3, 0.4) is 0 Å². The van der Waals surface area contributed by atoms with Crippen LogP contribution in [0.4, 0.5) is 0 Å². The average Bonchev–Trinajstić information content (AvgIpc) is 3.18. The highest BCUT2D eigenvalue weighted by Gasteiger charge is 2.36. The Kier molecular flexibility index (Phi) is 7.41. The van der Waals surface area contributed by atoms with Crippen molar-refractivity contribution < 1.29 is 27.5 Å². The minimum atomic E-state index is -3.12. The summed E-state index contributed by atoms with van der Waals surface area (Å²) >= 11 is 6.92. The van der Waals surface area contributed by atoms with Crippen LogP contribution in [0.1, 0.15) is 42.8 Å². The van der Waals surface area contributed by atoms with Crippen molar-refractivity contribution in [3.63, 3.8) is 0 Å². The molecular formula is C17H22ClNO6S2. The number of carbonyl (C=O) groups is 3. The molecule has 27 heavy (non-hydrogen) atoms. The van der Waals surface area contributed by atoms with Crippen LogP contribution in [0.25, 0.3) is 0 Å². The molecule has 2 rings (SSSR count). The molecule has 1 fully saturated rings. The third kappa shape index (κ3) is 6.02. The zero-order valence-electron chi connectivity index (χ0n) is 15.1. The number of hydrogen-bond donors (Lipinski definition) is 0. The first kappa shape index (κ1) is 21.8. The quantitative estimate of drug-likeness (QED) is 0.459. The minimum absolute atomic E-state index is 0.0328. The molecule has 1 aromatic rings. The number of carbonyl (C=O) groups excluding carboxylic acids is 3. The normalized spacial score (nSPS) is 19.4. The van der Waals surface area contributed by atoms with E-state index in [1.54, 1.807) is 19.1 Å². The van der Waals surface area contributed by atoms with Crippen LogP contribution in [0.15, 0.2) is 12.1 Å². The van der Waals surface area contributed by atoms with Crippen LogP contribution in [-0.4, -0.2) is 61.2 Å². The van der Waals surface area contributed by atoms with Gasteiger partial charge in [0.2, 0.25) is 0 Å². The van der Waals surface area contributed by atoms with E-state index in [9.17, 15) is 22.8 Å². The van der Waals surface area contributed by atoms with Crippen molar-refractivity contribution in [2.45, 2.75) is 45.3 Å². The molecule has 0 bridgehead atoms. The second-order valence-electron chi connectivity index (χ2n) is 6.34. The Hall–Kier alpha value is -1.45. The zero-order chi connectivity index (χ0) is 20.2. The fourth-order valence-corrected chi connectivity index (χ4v) is 5.70. The van der Waals surface area contributed by atoms with Gasteiger partial charge in [-0.05, 0) is 32.4 Å². The van der Waals surface area contributed by atoms with E-state index >= 15 is 0 Å². The molecule has 0 aliphatic carbocycles. The van der Waals surface area contributed by atoms with Gasteiger partial charge in [0.1, 0.15) is 0 Å². The van der Waals surface area contributed by atoms with Crippen molar-refractivity contribution in [1.82, 2.24) is 4.90 Å². The highest BCUT2D eigenvalue weighted by molar-refractivity contribution is 7.91. The minimum Gasteiger partial charge on any atom is -0.453 e. The van der Waals surface area contributed by atoms with Crippen molar-refractivity contribution in [3.05, 3.63) is 21.3 Å². The predicted octanol–water partition coefficient (Wildman–Crippen LogP) is 2.33. The highest BCUT2D eigenvalue weighted by atomic mass is 35.5. The number of ketones is 1. The molecular weight excluding hydrogens is 414 g/mol. The van der Waals surface area contributed by atoms with Crippen LogP contribution in [-0.2, 0) is 24.2 Å². The van der Waals surface area contributed by atoms with Gasteiger partial charge >= 0.3 is 5.97 Å². The molecule has 0 aromatic carbocycles. The molecule has 0 radical (unpaired) electrons. The van der Waals surface area contributed by atoms with E-state index in [1.165, 1.54) is 11.8 Å². The second kappa shape index (κ2) is 9.16. The highest BCUT2D eigenvalue weighted by Crippen LogP contribution is 2.23. The Morgan fingerprint density at radius 1 is 1.33 bits per heavy atom. The Labute approximate surface area is 167 Å². The summed E-state index contributed by atoms with van der Waals surface area (Å²) in [5.74, 6) is -1.30. The molecule has 1 aliphatic rings. The van der Waals surface area contributed by atoms with Crippen LogP contribution in [0.5, 0.6) is 0 Å². The third-order valence-electron chi connectivity index (χ3n) is 4.33. The Morgan fingerprint density at radius 3 is 2.56 bits per heavy atom. The van der Waals surface area contributed by atoms with Gasteiger partial charge in [-0.15, -0.1) is 11.3 Å². The van der Waals surface area contributed by atoms with E-state index in [1.807, 2.05) is 0 Å². The molecule has 2 unspecified atom stereocenters. The third-order valence-corrected chi connectivity index (χ3v) is 7.36. The number of ether oxygens (including phenoxy) is 1. The second-order valence-corrected chi connectivity index (χ2v) is 10.3. The number of thiophene rings is 1. The number of nitrogens with zero attached hydrogens (tertiary/aromatic N) is 1. The van der Waals surface area contributed by atoms with Crippen LogP contribution < -0.4 is 0 Å². The molecule has 10 heteroatoms. The lowest BCUT2D eigenvalue weighted by atomic mass is 10.2. The predicted molar refractivity (Wildman–Crippen MR) is 103 cm³/mol. The van der Waals surface area contributed by atoms with Gasteiger partial charge in [0.25, 0.3) is 5.91 Å². The number of rotatable bonds is 8. The maximum absolute atomic E-state index is 12.5. The SMILES string of the molecule is CCN(C(=O)C(C)OC(=O)CCC(=O)c1ccc(Cl)s1)C1CCS(=O)(=O)C1. The summed E-state index contributed by atoms with van der Waals surface area (Å²) in [6, 6.07) is 2.82. The number of halogens is 1. The molecule has 7 nitrogen and oxygen atoms in total. The summed E-state index contributed by atoms with van der Waals surface area (Å²) in [7, 11) is -3.12. The molecule has 1 saturated heterocycles. The number of amides is 1. The molecule has 2 atom stereocenters. The first-order valence-corrected chi connectivity index (χ1v) is 11.6. The van der Waals surface area contributed by atoms with Gasteiger partial charge in [0.05, 0.1) is 27.1 Å². The average molecular weight is 436 g/mol. The molecule has 0 N–H and O–H groups in total. The van der Waals surface area contributed by atoms with Crippen molar-refractivity contribution >= 4 is 50.4 Å². The van der Waals surface area contributed by atoms with E-state index < -0.39 is 27.8 Å². The Morgan fingerprint density at radius 2 is 2.04 bits per heavy atom. The lowest BCUT2D eigenvalue weighted by Crippen LogP contribution is -2.46. The van der Waals surface area contributed by atoms with Crippen molar-refractivity contribution in [2.75, 3.05) is 18.1 Å². The van der Waals surface area contributed by atoms with Gasteiger partial charge in [-0.25, -0.2) is 8.42 Å². The molecule has 0 saturated carbocycles. The first-order chi connectivity index (χ1) is 12.6. The lowest BCUT2D eigenvalue weighted by molar-refractivity contribution is -0.159. The van der Waals surface area contributed by atoms with Crippen LogP contribution >= 0.6 is 22.9 Å². The van der Waals surface area contributed by atoms with Gasteiger partial charge in [-0.2, -0.15) is 0 Å². The van der Waals surface area contributed by atoms with E-state index in [0.29, 0.717) is 22.2 Å². The van der Waals surface area contributed by atoms with E-state index in [2.05, 4.69) is 0 Å². The number of esters is 1. The molecule has 0 spiro atoms. The summed E-state index contributed by atoms with van der Waals surface area (Å²) in [5, 5.41) is 0. The molecule has 150 valence electrons. The van der Waals surface area contributed by atoms with E-state index in [-0.39, 0.29) is 36.2 Å². The number of likely N-dealkylation sites (N-methyl/N-ethyl adjacent to an activating group) is 1. The first-order valence-electron chi connectivity index (χ1n) is 8.62. The van der Waals surface area contributed by atoms with Gasteiger partial charge in [0.15, 0.2) is 21.7 Å². The van der Waals surface area contributed by atoms with Gasteiger partial charge < -0.3 is 9.64 Å². The summed E-state index contributed by atoms with van der Waals surface area (Å²) in [6.45, 7) is 3.54. The largest absolute Gasteiger partial charge is 0.453 e. The molecule has 1 amide bonds. The van der Waals surface area contributed by atoms with Gasteiger partial charge in [-0.3, -0.25) is 14.4 Å². The summed E-state index contributed by atoms with van der Waals surface area (Å²) in [6.07, 6.45) is -0.822. The molecule has 2 heterocycles. The van der Waals surface area contributed by atoms with E-state index in [4.69, 9.17) is 16.3 Å². The number of sulfone groups is 1. The maximum atomic E-state index is 12.5. The van der Waals surface area contributed by atoms with Crippen molar-refractivity contribution in [1.29, 1.82) is 0 Å². The monoisotopic (exact) mass is 435 g/mol. The lowest BCUT2D eigenvalue weighted by Gasteiger charge is -2.29. The van der Waals surface area contributed by atoms with E-state index in [0.717, 1.165) is 11.3 Å². The van der Waals surface area contributed by atoms with Crippen molar-refractivity contribution in [3.8, 4) is 0 Å². The van der Waals surface area contributed by atoms with Crippen LogP contribution in [0.2, 0.25) is 4.34 Å². The Bertz CT molecular complexity index is 819. The topological polar surface area (TPSA) is 97.8 Å². The standard InChI is InChI=1S/C17H22ClNO6S2/c1-3-19(12-8-9-27(23,24)10-12)17(22)11(2)25-16(21)7-4-13(20)14-5-6-15(18)26-14/h5-6,11-12H,3-4,7-10H2,1-2H3. The maximum Gasteiger partial charge on any atom is 0.307 e. The van der Waals surface area contributed by atoms with Gasteiger partial charge in [-0.1, -0.05) is 11.6 Å². The number of hydrogen-bond acceptors (Lipinski definition) is 7. The molecule has 1 aliphatic heterocycles. The van der Waals surface area contributed by atoms with Gasteiger partial charge in [0, 0.05) is 19.0 Å². The smallest absolute Gasteiger partial charge is 0.307 e. The number of Topliss-reactive ketones (excluding diaryl/α,β-unsaturated/α-hetero) is 1. The zero-order valence-corrected chi connectivity index (χ0v) is 17.5. The Balaban J connectivity index is 1.85. The fraction of sp³-hybridized carbons (Fsp3) is 0.588. The molecule has 1 aromatic heterocycles. The summed E-state index contributed by atoms with van der Waals surface area (Å²) < 4.78 is 28.9. The van der Waals surface area contributed by atoms with Crippen molar-refractivity contribution in [2.24, 2.45) is 0 Å². The fourth-order valence-electron chi connectivity index (χ4n) is 2.96.